The number of carbonyl (C=O) groups excluding carboxylic acids is 2. The number of carbonyl (C=O) groups is 2. The molecule has 4 rings (SSSR count). The van der Waals surface area contributed by atoms with Crippen molar-refractivity contribution >= 4 is 29.3 Å². The first-order valence-corrected chi connectivity index (χ1v) is 10.9. The van der Waals surface area contributed by atoms with Gasteiger partial charge in [-0.15, -0.1) is 0 Å². The minimum absolute atomic E-state index is 0.0140. The van der Waals surface area contributed by atoms with Crippen molar-refractivity contribution < 1.29 is 19.1 Å². The van der Waals surface area contributed by atoms with Crippen LogP contribution in [0.1, 0.15) is 40.8 Å². The fourth-order valence-electron chi connectivity index (χ4n) is 3.99. The predicted molar refractivity (Wildman–Crippen MR) is 126 cm³/mol. The van der Waals surface area contributed by atoms with Gasteiger partial charge in [-0.2, -0.15) is 0 Å². The number of benzene rings is 1. The molecule has 0 aliphatic carbocycles. The maximum Gasteiger partial charge on any atom is 0.337 e. The Morgan fingerprint density at radius 1 is 1.12 bits per heavy atom. The van der Waals surface area contributed by atoms with Crippen LogP contribution in [0.2, 0.25) is 0 Å². The predicted octanol–water partition coefficient (Wildman–Crippen LogP) is 3.19. The van der Waals surface area contributed by atoms with E-state index in [0.29, 0.717) is 17.3 Å². The SMILES string of the molecule is CCOC(=O)CN1C(=S)N[C@@H](c2ccccn2)[C@@H]1c1cccn1-c1ccc(C(=O)OC)cc1. The molecule has 0 radical (unpaired) electrons. The number of nitrogens with one attached hydrogen (secondary N) is 1. The van der Waals surface area contributed by atoms with Crippen LogP contribution in [0.3, 0.4) is 0 Å². The van der Waals surface area contributed by atoms with E-state index in [1.54, 1.807) is 25.3 Å². The molecular weight excluding hydrogens is 440 g/mol. The number of hydrogen-bond donors (Lipinski definition) is 1. The highest BCUT2D eigenvalue weighted by molar-refractivity contribution is 7.80. The Bertz CT molecular complexity index is 1150. The van der Waals surface area contributed by atoms with Gasteiger partial charge in [0, 0.05) is 23.8 Å². The van der Waals surface area contributed by atoms with Gasteiger partial charge >= 0.3 is 11.9 Å². The first-order valence-electron chi connectivity index (χ1n) is 10.5. The highest BCUT2D eigenvalue weighted by Gasteiger charge is 2.42. The molecule has 0 unspecified atom stereocenters. The summed E-state index contributed by atoms with van der Waals surface area (Å²) in [6.45, 7) is 2.08. The van der Waals surface area contributed by atoms with Crippen LogP contribution in [0, 0.1) is 0 Å². The molecule has 0 bridgehead atoms. The van der Waals surface area contributed by atoms with E-state index in [1.807, 2.05) is 58.1 Å². The zero-order chi connectivity index (χ0) is 23.4. The van der Waals surface area contributed by atoms with Crippen molar-refractivity contribution in [3.8, 4) is 5.69 Å². The second kappa shape index (κ2) is 9.83. The first-order chi connectivity index (χ1) is 16.0. The third-order valence-corrected chi connectivity index (χ3v) is 5.80. The van der Waals surface area contributed by atoms with Crippen molar-refractivity contribution in [2.75, 3.05) is 20.3 Å². The van der Waals surface area contributed by atoms with Crippen LogP contribution in [0.4, 0.5) is 0 Å². The lowest BCUT2D eigenvalue weighted by molar-refractivity contribution is -0.143. The van der Waals surface area contributed by atoms with E-state index in [0.717, 1.165) is 17.1 Å². The van der Waals surface area contributed by atoms with Crippen LogP contribution in [0.5, 0.6) is 0 Å². The molecule has 1 aliphatic heterocycles. The monoisotopic (exact) mass is 464 g/mol. The van der Waals surface area contributed by atoms with E-state index in [4.69, 9.17) is 21.7 Å². The summed E-state index contributed by atoms with van der Waals surface area (Å²) in [6.07, 6.45) is 3.66. The van der Waals surface area contributed by atoms with Gasteiger partial charge in [0.1, 0.15) is 6.54 Å². The van der Waals surface area contributed by atoms with E-state index in [9.17, 15) is 9.59 Å². The van der Waals surface area contributed by atoms with Crippen LogP contribution >= 0.6 is 12.2 Å². The maximum absolute atomic E-state index is 12.4. The zero-order valence-corrected chi connectivity index (χ0v) is 19.1. The highest BCUT2D eigenvalue weighted by Crippen LogP contribution is 2.39. The van der Waals surface area contributed by atoms with Gasteiger partial charge in [-0.1, -0.05) is 6.07 Å². The summed E-state index contributed by atoms with van der Waals surface area (Å²) in [6, 6.07) is 16.2. The molecule has 3 aromatic rings. The quantitative estimate of drug-likeness (QED) is 0.422. The smallest absolute Gasteiger partial charge is 0.337 e. The van der Waals surface area contributed by atoms with Crippen LogP contribution < -0.4 is 5.32 Å². The molecule has 8 nitrogen and oxygen atoms in total. The Labute approximate surface area is 197 Å². The normalized spacial score (nSPS) is 17.5. The van der Waals surface area contributed by atoms with Crippen molar-refractivity contribution in [3.05, 3.63) is 83.9 Å². The molecule has 2 atom stereocenters. The van der Waals surface area contributed by atoms with E-state index in [1.165, 1.54) is 7.11 Å². The number of rotatable bonds is 7. The lowest BCUT2D eigenvalue weighted by Crippen LogP contribution is -2.36. The minimum Gasteiger partial charge on any atom is -0.465 e. The summed E-state index contributed by atoms with van der Waals surface area (Å²) in [4.78, 5) is 30.5. The minimum atomic E-state index is -0.393. The van der Waals surface area contributed by atoms with Crippen LogP contribution in [-0.4, -0.2) is 51.8 Å². The Hall–Kier alpha value is -3.72. The molecular formula is C24H24N4O4S. The molecule has 33 heavy (non-hydrogen) atoms. The fourth-order valence-corrected chi connectivity index (χ4v) is 4.29. The van der Waals surface area contributed by atoms with Gasteiger partial charge in [-0.25, -0.2) is 4.79 Å². The van der Waals surface area contributed by atoms with Gasteiger partial charge < -0.3 is 24.3 Å². The summed E-state index contributed by atoms with van der Waals surface area (Å²) in [5.74, 6) is -0.746. The van der Waals surface area contributed by atoms with Crippen molar-refractivity contribution in [2.45, 2.75) is 19.0 Å². The number of ether oxygens (including phenoxy) is 2. The molecule has 1 saturated heterocycles. The molecule has 0 saturated carbocycles. The van der Waals surface area contributed by atoms with Crippen molar-refractivity contribution in [3.63, 3.8) is 0 Å². The topological polar surface area (TPSA) is 85.7 Å². The molecule has 2 aromatic heterocycles. The van der Waals surface area contributed by atoms with Crippen LogP contribution in [0.15, 0.2) is 67.0 Å². The highest BCUT2D eigenvalue weighted by atomic mass is 32.1. The molecule has 1 aliphatic rings. The third kappa shape index (κ3) is 4.58. The van der Waals surface area contributed by atoms with Gasteiger partial charge in [0.05, 0.1) is 37.1 Å². The molecule has 3 heterocycles. The van der Waals surface area contributed by atoms with Crippen LogP contribution in [-0.2, 0) is 14.3 Å². The van der Waals surface area contributed by atoms with Crippen molar-refractivity contribution in [1.82, 2.24) is 19.8 Å². The molecule has 0 spiro atoms. The van der Waals surface area contributed by atoms with E-state index in [-0.39, 0.29) is 24.6 Å². The number of pyridine rings is 1. The lowest BCUT2D eigenvalue weighted by atomic mass is 10.0. The van der Waals surface area contributed by atoms with Gasteiger partial charge in [0.2, 0.25) is 0 Å². The number of aromatic nitrogens is 2. The maximum atomic E-state index is 12.4. The number of thiocarbonyl (C=S) groups is 1. The first kappa shape index (κ1) is 22.5. The van der Waals surface area contributed by atoms with Gasteiger partial charge in [0.15, 0.2) is 5.11 Å². The Morgan fingerprint density at radius 2 is 1.91 bits per heavy atom. The average molecular weight is 465 g/mol. The molecule has 1 fully saturated rings. The van der Waals surface area contributed by atoms with Crippen LogP contribution in [0.25, 0.3) is 5.69 Å². The number of hydrogen-bond acceptors (Lipinski definition) is 6. The van der Waals surface area contributed by atoms with E-state index in [2.05, 4.69) is 10.3 Å². The number of nitrogens with zero attached hydrogens (tertiary/aromatic N) is 3. The fraction of sp³-hybridized carbons (Fsp3) is 0.250. The summed E-state index contributed by atoms with van der Waals surface area (Å²) in [7, 11) is 1.35. The molecule has 1 aromatic carbocycles. The van der Waals surface area contributed by atoms with Crippen molar-refractivity contribution in [2.24, 2.45) is 0 Å². The Kier molecular flexibility index (Phi) is 6.69. The Morgan fingerprint density at radius 3 is 2.58 bits per heavy atom. The summed E-state index contributed by atoms with van der Waals surface area (Å²) in [5.41, 5.74) is 3.04. The summed E-state index contributed by atoms with van der Waals surface area (Å²) >= 11 is 5.61. The largest absolute Gasteiger partial charge is 0.465 e. The zero-order valence-electron chi connectivity index (χ0n) is 18.3. The van der Waals surface area contributed by atoms with E-state index < -0.39 is 5.97 Å². The van der Waals surface area contributed by atoms with E-state index >= 15 is 0 Å². The van der Waals surface area contributed by atoms with Crippen molar-refractivity contribution in [1.29, 1.82) is 0 Å². The van der Waals surface area contributed by atoms with Gasteiger partial charge in [0.25, 0.3) is 0 Å². The molecule has 9 heteroatoms. The number of esters is 2. The average Bonchev–Trinajstić information content (AvgIpc) is 3.44. The standard InChI is InChI=1S/C24H24N4O4S/c1-3-32-20(29)15-28-22(21(26-24(28)33)18-7-4-5-13-25-18)19-8-6-14-27(19)17-11-9-16(10-12-17)23(30)31-2/h4-14,21-22H,3,15H2,1-2H3,(H,26,33)/t21-,22-/m0/s1. The lowest BCUT2D eigenvalue weighted by Gasteiger charge is -2.28. The van der Waals surface area contributed by atoms with Gasteiger partial charge in [-0.3, -0.25) is 9.78 Å². The summed E-state index contributed by atoms with van der Waals surface area (Å²) < 4.78 is 12.0. The second-order valence-electron chi connectivity index (χ2n) is 7.40. The van der Waals surface area contributed by atoms with Gasteiger partial charge in [-0.05, 0) is 67.7 Å². The third-order valence-electron chi connectivity index (χ3n) is 5.45. The summed E-state index contributed by atoms with van der Waals surface area (Å²) in [5, 5.41) is 3.79. The molecule has 1 N–H and O–H groups in total. The second-order valence-corrected chi connectivity index (χ2v) is 7.79. The molecule has 0 amide bonds. The number of methoxy groups -OCH3 is 1. The molecule has 170 valence electrons. The Balaban J connectivity index is 1.74.